The van der Waals surface area contributed by atoms with Crippen LogP contribution in [0.4, 0.5) is 8.78 Å². The van der Waals surface area contributed by atoms with Crippen molar-refractivity contribution in [2.24, 2.45) is 0 Å². The van der Waals surface area contributed by atoms with Crippen molar-refractivity contribution in [3.05, 3.63) is 66.4 Å². The number of hydrogen-bond acceptors (Lipinski definition) is 0. The summed E-state index contributed by atoms with van der Waals surface area (Å²) in [5.74, 6) is -1.68. The minimum Gasteiger partial charge on any atom is -0.316 e. The molecule has 0 saturated carbocycles. The highest BCUT2D eigenvalue weighted by Gasteiger charge is 2.06. The molecule has 1 heterocycles. The van der Waals surface area contributed by atoms with E-state index < -0.39 is 11.6 Å². The maximum absolute atomic E-state index is 13.2. The van der Waals surface area contributed by atoms with E-state index in [1.54, 1.807) is 12.1 Å². The van der Waals surface area contributed by atoms with Crippen molar-refractivity contribution >= 4 is 10.9 Å². The predicted molar refractivity (Wildman–Crippen MR) is 62.0 cm³/mol. The standard InChI is InChI=1S/C14H8F2N/c15-12-6-5-11(9-13(12)16)17-8-7-10-3-1-2-4-14(10)17/h2-9H. The number of aromatic nitrogens is 1. The highest BCUT2D eigenvalue weighted by Crippen LogP contribution is 2.21. The van der Waals surface area contributed by atoms with E-state index in [1.165, 1.54) is 6.07 Å². The molecule has 1 radical (unpaired) electrons. The Kier molecular flexibility index (Phi) is 2.18. The van der Waals surface area contributed by atoms with Crippen LogP contribution in [0.1, 0.15) is 0 Å². The fourth-order valence-electron chi connectivity index (χ4n) is 1.88. The van der Waals surface area contributed by atoms with Crippen LogP contribution in [-0.4, -0.2) is 4.57 Å². The van der Waals surface area contributed by atoms with Gasteiger partial charge in [-0.1, -0.05) is 6.07 Å². The summed E-state index contributed by atoms with van der Waals surface area (Å²) in [5.41, 5.74) is 1.54. The summed E-state index contributed by atoms with van der Waals surface area (Å²) < 4.78 is 27.9. The maximum Gasteiger partial charge on any atom is 0.160 e. The Labute approximate surface area is 96.9 Å². The van der Waals surface area contributed by atoms with Crippen molar-refractivity contribution in [3.8, 4) is 5.69 Å². The topological polar surface area (TPSA) is 4.93 Å². The predicted octanol–water partition coefficient (Wildman–Crippen LogP) is 3.71. The molecule has 1 nitrogen and oxygen atoms in total. The molecule has 17 heavy (non-hydrogen) atoms. The summed E-state index contributed by atoms with van der Waals surface area (Å²) in [7, 11) is 0. The molecule has 2 aromatic carbocycles. The number of rotatable bonds is 1. The van der Waals surface area contributed by atoms with E-state index in [1.807, 2.05) is 29.0 Å². The lowest BCUT2D eigenvalue weighted by atomic mass is 10.2. The fraction of sp³-hybridized carbons (Fsp3) is 0. The number of benzene rings is 2. The van der Waals surface area contributed by atoms with E-state index >= 15 is 0 Å². The van der Waals surface area contributed by atoms with Gasteiger partial charge in [-0.15, -0.1) is 0 Å². The molecule has 3 heteroatoms. The smallest absolute Gasteiger partial charge is 0.160 e. The van der Waals surface area contributed by atoms with Gasteiger partial charge in [0.1, 0.15) is 0 Å². The van der Waals surface area contributed by atoms with Crippen LogP contribution in [0.25, 0.3) is 16.6 Å². The van der Waals surface area contributed by atoms with Crippen molar-refractivity contribution in [2.75, 3.05) is 0 Å². The van der Waals surface area contributed by atoms with E-state index in [0.29, 0.717) is 5.69 Å². The van der Waals surface area contributed by atoms with Gasteiger partial charge in [-0.25, -0.2) is 8.78 Å². The number of fused-ring (bicyclic) bond motifs is 1. The van der Waals surface area contributed by atoms with Crippen LogP contribution in [-0.2, 0) is 0 Å². The molecule has 0 spiro atoms. The largest absolute Gasteiger partial charge is 0.316 e. The summed E-state index contributed by atoms with van der Waals surface area (Å²) in [5, 5.41) is 1.01. The Balaban J connectivity index is 2.24. The molecule has 0 unspecified atom stereocenters. The normalized spacial score (nSPS) is 10.9. The van der Waals surface area contributed by atoms with E-state index in [4.69, 9.17) is 0 Å². The molecule has 1 aromatic heterocycles. The van der Waals surface area contributed by atoms with Crippen LogP contribution in [0.2, 0.25) is 0 Å². The van der Waals surface area contributed by atoms with Crippen LogP contribution >= 0.6 is 0 Å². The van der Waals surface area contributed by atoms with Gasteiger partial charge in [0, 0.05) is 23.3 Å². The van der Waals surface area contributed by atoms with E-state index in [9.17, 15) is 8.78 Å². The Hall–Kier alpha value is -2.16. The van der Waals surface area contributed by atoms with Crippen molar-refractivity contribution < 1.29 is 8.78 Å². The van der Waals surface area contributed by atoms with Crippen molar-refractivity contribution in [3.63, 3.8) is 0 Å². The molecule has 3 rings (SSSR count). The van der Waals surface area contributed by atoms with Gasteiger partial charge >= 0.3 is 0 Å². The fourth-order valence-corrected chi connectivity index (χ4v) is 1.88. The van der Waals surface area contributed by atoms with Gasteiger partial charge < -0.3 is 4.57 Å². The molecule has 0 aliphatic carbocycles. The number of nitrogens with zero attached hydrogens (tertiary/aromatic N) is 1. The highest BCUT2D eigenvalue weighted by atomic mass is 19.2. The molecule has 83 valence electrons. The molecule has 0 fully saturated rings. The zero-order chi connectivity index (χ0) is 11.8. The first-order chi connectivity index (χ1) is 8.25. The minimum absolute atomic E-state index is 0.602. The Morgan fingerprint density at radius 3 is 2.71 bits per heavy atom. The third-order valence-electron chi connectivity index (χ3n) is 2.72. The molecule has 0 aliphatic rings. The van der Waals surface area contributed by atoms with Gasteiger partial charge in [0.05, 0.1) is 5.52 Å². The molecule has 0 saturated heterocycles. The van der Waals surface area contributed by atoms with Crippen LogP contribution in [0.3, 0.4) is 0 Å². The van der Waals surface area contributed by atoms with Gasteiger partial charge in [-0.2, -0.15) is 0 Å². The first-order valence-corrected chi connectivity index (χ1v) is 5.18. The third-order valence-corrected chi connectivity index (χ3v) is 2.72. The first-order valence-electron chi connectivity index (χ1n) is 5.18. The molecule has 0 bridgehead atoms. The van der Waals surface area contributed by atoms with E-state index in [2.05, 4.69) is 6.07 Å². The molecule has 0 N–H and O–H groups in total. The average molecular weight is 228 g/mol. The van der Waals surface area contributed by atoms with E-state index in [-0.39, 0.29) is 0 Å². The number of halogens is 2. The Morgan fingerprint density at radius 2 is 1.88 bits per heavy atom. The quantitative estimate of drug-likeness (QED) is 0.598. The van der Waals surface area contributed by atoms with Gasteiger partial charge in [-0.05, 0) is 36.4 Å². The van der Waals surface area contributed by atoms with Gasteiger partial charge in [0.25, 0.3) is 0 Å². The second kappa shape index (κ2) is 3.70. The zero-order valence-electron chi connectivity index (χ0n) is 8.82. The van der Waals surface area contributed by atoms with E-state index in [0.717, 1.165) is 17.0 Å². The summed E-state index contributed by atoms with van der Waals surface area (Å²) in [6.45, 7) is 0. The third kappa shape index (κ3) is 1.60. The lowest BCUT2D eigenvalue weighted by molar-refractivity contribution is 0.508. The maximum atomic E-state index is 13.2. The lowest BCUT2D eigenvalue weighted by Gasteiger charge is -2.05. The minimum atomic E-state index is -0.841. The van der Waals surface area contributed by atoms with Crippen LogP contribution in [0.15, 0.2) is 48.7 Å². The molecular weight excluding hydrogens is 220 g/mol. The Bertz CT molecular complexity index is 686. The average Bonchev–Trinajstić information content (AvgIpc) is 2.76. The molecule has 0 atom stereocenters. The Morgan fingerprint density at radius 1 is 1.00 bits per heavy atom. The van der Waals surface area contributed by atoms with Crippen molar-refractivity contribution in [2.45, 2.75) is 0 Å². The lowest BCUT2D eigenvalue weighted by Crippen LogP contribution is -1.94. The highest BCUT2D eigenvalue weighted by molar-refractivity contribution is 5.81. The number of hydrogen-bond donors (Lipinski definition) is 0. The van der Waals surface area contributed by atoms with Gasteiger partial charge in [-0.3, -0.25) is 0 Å². The van der Waals surface area contributed by atoms with Crippen LogP contribution < -0.4 is 0 Å². The van der Waals surface area contributed by atoms with Crippen LogP contribution in [0, 0.1) is 17.7 Å². The first kappa shape index (κ1) is 10.0. The second-order valence-corrected chi connectivity index (χ2v) is 3.77. The summed E-state index contributed by atoms with van der Waals surface area (Å²) >= 11 is 0. The molecule has 3 aromatic rings. The molecular formula is C14H8F2N. The monoisotopic (exact) mass is 228 g/mol. The van der Waals surface area contributed by atoms with Gasteiger partial charge in [0.15, 0.2) is 11.6 Å². The van der Waals surface area contributed by atoms with Crippen molar-refractivity contribution in [1.82, 2.24) is 4.57 Å². The molecule has 0 aliphatic heterocycles. The second-order valence-electron chi connectivity index (χ2n) is 3.77. The zero-order valence-corrected chi connectivity index (χ0v) is 8.82. The van der Waals surface area contributed by atoms with Crippen LogP contribution in [0.5, 0.6) is 0 Å². The summed E-state index contributed by atoms with van der Waals surface area (Å²) in [4.78, 5) is 0. The van der Waals surface area contributed by atoms with Crippen molar-refractivity contribution in [1.29, 1.82) is 0 Å². The summed E-state index contributed by atoms with van der Waals surface area (Å²) in [6, 6.07) is 14.3. The summed E-state index contributed by atoms with van der Waals surface area (Å²) in [6.07, 6.45) is 1.82. The SMILES string of the molecule is Fc1ccc(-n2ccc3c[c]ccc32)cc1F. The molecule has 0 amide bonds. The van der Waals surface area contributed by atoms with Gasteiger partial charge in [0.2, 0.25) is 0 Å².